The number of benzene rings is 2. The molecule has 1 saturated carbocycles. The van der Waals surface area contributed by atoms with Crippen LogP contribution in [0.25, 0.3) is 11.1 Å². The minimum atomic E-state index is -0.903. The molecule has 2 amide bonds. The average molecular weight is 434 g/mol. The van der Waals surface area contributed by atoms with Gasteiger partial charge >= 0.3 is 12.1 Å². The molecule has 32 heavy (non-hydrogen) atoms. The molecule has 1 saturated heterocycles. The Morgan fingerprint density at radius 1 is 1.06 bits per heavy atom. The third-order valence-electron chi connectivity index (χ3n) is 7.14. The van der Waals surface area contributed by atoms with E-state index in [1.807, 2.05) is 24.3 Å². The molecule has 0 bridgehead atoms. The van der Waals surface area contributed by atoms with Crippen molar-refractivity contribution in [2.24, 2.45) is 11.8 Å². The third-order valence-corrected chi connectivity index (χ3v) is 7.14. The summed E-state index contributed by atoms with van der Waals surface area (Å²) in [6.07, 6.45) is 0.561. The molecule has 2 fully saturated rings. The van der Waals surface area contributed by atoms with Gasteiger partial charge < -0.3 is 20.1 Å². The molecule has 0 aromatic heterocycles. The van der Waals surface area contributed by atoms with E-state index in [4.69, 9.17) is 9.84 Å². The minimum absolute atomic E-state index is 0.0346. The van der Waals surface area contributed by atoms with Crippen LogP contribution in [0, 0.1) is 11.8 Å². The van der Waals surface area contributed by atoms with Gasteiger partial charge in [-0.2, -0.15) is 0 Å². The van der Waals surface area contributed by atoms with Crippen LogP contribution < -0.4 is 5.32 Å². The summed E-state index contributed by atoms with van der Waals surface area (Å²) in [5, 5.41) is 11.9. The Kier molecular flexibility index (Phi) is 4.92. The van der Waals surface area contributed by atoms with Crippen LogP contribution in [-0.4, -0.2) is 53.2 Å². The molecule has 7 heteroatoms. The summed E-state index contributed by atoms with van der Waals surface area (Å²) in [7, 11) is 0. The number of likely N-dealkylation sites (tertiary alicyclic amines) is 1. The number of amides is 2. The normalized spacial score (nSPS) is 19.3. The van der Waals surface area contributed by atoms with Gasteiger partial charge in [-0.15, -0.1) is 0 Å². The Bertz CT molecular complexity index is 1040. The zero-order valence-corrected chi connectivity index (χ0v) is 17.9. The number of aliphatic carboxylic acids is 1. The van der Waals surface area contributed by atoms with Crippen LogP contribution in [0.4, 0.5) is 4.79 Å². The standard InChI is InChI=1S/C25H26N2O5/c1-15(22(28)29)16-12-27(13-16)23(30)25(10-11-25)26-24(31)32-14-21-19-8-4-2-6-17(19)18-7-3-5-9-20(18)21/h2-9,15-16,21H,10-14H2,1H3,(H,26,31)(H,28,29). The maximum absolute atomic E-state index is 12.9. The summed E-state index contributed by atoms with van der Waals surface area (Å²) in [5.74, 6) is -1.54. The van der Waals surface area contributed by atoms with Crippen molar-refractivity contribution in [2.75, 3.05) is 19.7 Å². The molecule has 3 aliphatic rings. The second-order valence-electron chi connectivity index (χ2n) is 9.13. The zero-order chi connectivity index (χ0) is 22.5. The highest BCUT2D eigenvalue weighted by Crippen LogP contribution is 2.45. The van der Waals surface area contributed by atoms with Crippen molar-refractivity contribution >= 4 is 18.0 Å². The molecule has 7 nitrogen and oxygen atoms in total. The van der Waals surface area contributed by atoms with E-state index in [0.29, 0.717) is 25.9 Å². The first-order valence-electron chi connectivity index (χ1n) is 11.0. The van der Waals surface area contributed by atoms with Crippen molar-refractivity contribution in [3.8, 4) is 11.1 Å². The lowest BCUT2D eigenvalue weighted by molar-refractivity contribution is -0.151. The number of fused-ring (bicyclic) bond motifs is 3. The summed E-state index contributed by atoms with van der Waals surface area (Å²) in [4.78, 5) is 38.2. The third kappa shape index (κ3) is 3.42. The summed E-state index contributed by atoms with van der Waals surface area (Å²) < 4.78 is 5.59. The number of hydrogen-bond donors (Lipinski definition) is 2. The van der Waals surface area contributed by atoms with E-state index >= 15 is 0 Å². The summed E-state index contributed by atoms with van der Waals surface area (Å²) in [6, 6.07) is 16.3. The molecule has 2 aliphatic carbocycles. The molecule has 0 radical (unpaired) electrons. The van der Waals surface area contributed by atoms with Crippen molar-refractivity contribution in [1.82, 2.24) is 10.2 Å². The van der Waals surface area contributed by atoms with E-state index in [1.165, 1.54) is 0 Å². The summed E-state index contributed by atoms with van der Waals surface area (Å²) in [5.41, 5.74) is 3.69. The Morgan fingerprint density at radius 3 is 2.16 bits per heavy atom. The highest BCUT2D eigenvalue weighted by atomic mass is 16.5. The summed E-state index contributed by atoms with van der Waals surface area (Å²) in [6.45, 7) is 2.70. The van der Waals surface area contributed by atoms with E-state index in [0.717, 1.165) is 22.3 Å². The minimum Gasteiger partial charge on any atom is -0.481 e. The predicted octanol–water partition coefficient (Wildman–Crippen LogP) is 3.24. The van der Waals surface area contributed by atoms with Gasteiger partial charge in [0.1, 0.15) is 12.1 Å². The molecular formula is C25H26N2O5. The first-order valence-corrected chi connectivity index (χ1v) is 11.0. The van der Waals surface area contributed by atoms with Crippen molar-refractivity contribution < 1.29 is 24.2 Å². The van der Waals surface area contributed by atoms with Crippen LogP contribution in [0.15, 0.2) is 48.5 Å². The second-order valence-corrected chi connectivity index (χ2v) is 9.13. The molecule has 1 atom stereocenters. The Balaban J connectivity index is 1.19. The van der Waals surface area contributed by atoms with Gasteiger partial charge in [-0.25, -0.2) is 4.79 Å². The Morgan fingerprint density at radius 2 is 1.62 bits per heavy atom. The largest absolute Gasteiger partial charge is 0.481 e. The van der Waals surface area contributed by atoms with Gasteiger partial charge in [0.15, 0.2) is 0 Å². The number of carbonyl (C=O) groups excluding carboxylic acids is 2. The molecule has 2 N–H and O–H groups in total. The van der Waals surface area contributed by atoms with E-state index in [1.54, 1.807) is 11.8 Å². The fraction of sp³-hybridized carbons (Fsp3) is 0.400. The fourth-order valence-electron chi connectivity index (χ4n) is 4.85. The molecule has 166 valence electrons. The highest BCUT2D eigenvalue weighted by Gasteiger charge is 2.55. The number of ether oxygens (including phenoxy) is 1. The molecule has 1 aliphatic heterocycles. The predicted molar refractivity (Wildman–Crippen MR) is 117 cm³/mol. The molecule has 1 heterocycles. The Hall–Kier alpha value is -3.35. The van der Waals surface area contributed by atoms with Gasteiger partial charge in [0.05, 0.1) is 5.92 Å². The lowest BCUT2D eigenvalue weighted by Gasteiger charge is -2.42. The van der Waals surface area contributed by atoms with E-state index < -0.39 is 23.5 Å². The molecule has 2 aromatic rings. The SMILES string of the molecule is CC(C(=O)O)C1CN(C(=O)C2(NC(=O)OCC3c4ccccc4-c4ccccc43)CC2)C1. The van der Waals surface area contributed by atoms with E-state index in [2.05, 4.69) is 29.6 Å². The van der Waals surface area contributed by atoms with Gasteiger partial charge in [0, 0.05) is 24.9 Å². The zero-order valence-electron chi connectivity index (χ0n) is 17.9. The quantitative estimate of drug-likeness (QED) is 0.728. The number of nitrogens with zero attached hydrogens (tertiary/aromatic N) is 1. The Labute approximate surface area is 186 Å². The van der Waals surface area contributed by atoms with Crippen LogP contribution in [-0.2, 0) is 14.3 Å². The molecule has 5 rings (SSSR count). The lowest BCUT2D eigenvalue weighted by atomic mass is 9.86. The van der Waals surface area contributed by atoms with Crippen LogP contribution >= 0.6 is 0 Å². The second kappa shape index (κ2) is 7.65. The number of carboxylic acids is 1. The van der Waals surface area contributed by atoms with Gasteiger partial charge in [-0.1, -0.05) is 55.5 Å². The fourth-order valence-corrected chi connectivity index (χ4v) is 4.85. The molecule has 2 aromatic carbocycles. The maximum atomic E-state index is 12.9. The van der Waals surface area contributed by atoms with Crippen LogP contribution in [0.2, 0.25) is 0 Å². The van der Waals surface area contributed by atoms with Crippen molar-refractivity contribution in [1.29, 1.82) is 0 Å². The summed E-state index contributed by atoms with van der Waals surface area (Å²) >= 11 is 0. The topological polar surface area (TPSA) is 95.9 Å². The number of alkyl carbamates (subject to hydrolysis) is 1. The number of rotatable bonds is 6. The molecule has 1 unspecified atom stereocenters. The molecular weight excluding hydrogens is 408 g/mol. The first-order chi connectivity index (χ1) is 15.4. The number of carboxylic acid groups (broad SMARTS) is 1. The van der Waals surface area contributed by atoms with Crippen LogP contribution in [0.5, 0.6) is 0 Å². The van der Waals surface area contributed by atoms with E-state index in [9.17, 15) is 14.4 Å². The van der Waals surface area contributed by atoms with Crippen LogP contribution in [0.3, 0.4) is 0 Å². The average Bonchev–Trinajstić information content (AvgIpc) is 3.46. The number of carbonyl (C=O) groups is 3. The highest BCUT2D eigenvalue weighted by molar-refractivity contribution is 5.93. The lowest BCUT2D eigenvalue weighted by Crippen LogP contribution is -2.60. The van der Waals surface area contributed by atoms with E-state index in [-0.39, 0.29) is 24.3 Å². The number of hydrogen-bond acceptors (Lipinski definition) is 4. The van der Waals surface area contributed by atoms with Crippen molar-refractivity contribution in [3.05, 3.63) is 59.7 Å². The maximum Gasteiger partial charge on any atom is 0.408 e. The monoisotopic (exact) mass is 434 g/mol. The number of nitrogens with one attached hydrogen (secondary N) is 1. The van der Waals surface area contributed by atoms with Gasteiger partial charge in [-0.05, 0) is 35.1 Å². The van der Waals surface area contributed by atoms with Gasteiger partial charge in [0.25, 0.3) is 0 Å². The van der Waals surface area contributed by atoms with Crippen molar-refractivity contribution in [3.63, 3.8) is 0 Å². The first kappa shape index (κ1) is 20.5. The van der Waals surface area contributed by atoms with Crippen LogP contribution in [0.1, 0.15) is 36.8 Å². The van der Waals surface area contributed by atoms with Crippen molar-refractivity contribution in [2.45, 2.75) is 31.2 Å². The van der Waals surface area contributed by atoms with Gasteiger partial charge in [0.2, 0.25) is 5.91 Å². The smallest absolute Gasteiger partial charge is 0.408 e. The molecule has 0 spiro atoms. The van der Waals surface area contributed by atoms with Gasteiger partial charge in [-0.3, -0.25) is 9.59 Å².